The third-order valence-electron chi connectivity index (χ3n) is 3.07. The van der Waals surface area contributed by atoms with Crippen LogP contribution >= 0.6 is 0 Å². The van der Waals surface area contributed by atoms with Crippen molar-refractivity contribution in [3.05, 3.63) is 23.9 Å². The molecule has 23 heavy (non-hydrogen) atoms. The Morgan fingerprint density at radius 2 is 2.09 bits per heavy atom. The van der Waals surface area contributed by atoms with Crippen LogP contribution in [0, 0.1) is 5.92 Å². The summed E-state index contributed by atoms with van der Waals surface area (Å²) in [6, 6.07) is 3.10. The standard InChI is InChI=1S/C16H25N3O4/c1-5-23-16(21)19-12(9-11(2)3)10-18-14(20)13-7-6-8-17-15(13)22-4/h6-8,11-12H,5,9-10H2,1-4H3,(H,18,20)(H,19,21)/t12-/m1/s1. The van der Waals surface area contributed by atoms with E-state index < -0.39 is 6.09 Å². The zero-order chi connectivity index (χ0) is 17.2. The maximum atomic E-state index is 12.3. The first-order valence-electron chi connectivity index (χ1n) is 7.68. The lowest BCUT2D eigenvalue weighted by atomic mass is 10.0. The molecule has 1 atom stereocenters. The molecule has 0 aromatic carbocycles. The summed E-state index contributed by atoms with van der Waals surface area (Å²) in [6.07, 6.45) is 1.80. The SMILES string of the molecule is CCOC(=O)N[C@@H](CNC(=O)c1cccnc1OC)CC(C)C. The van der Waals surface area contributed by atoms with Gasteiger partial charge in [0.2, 0.25) is 5.88 Å². The molecule has 1 aromatic heterocycles. The van der Waals surface area contributed by atoms with Crippen LogP contribution in [-0.2, 0) is 4.74 Å². The van der Waals surface area contributed by atoms with E-state index in [0.717, 1.165) is 6.42 Å². The molecule has 0 saturated heterocycles. The van der Waals surface area contributed by atoms with Gasteiger partial charge in [-0.05, 0) is 31.4 Å². The molecule has 7 nitrogen and oxygen atoms in total. The Morgan fingerprint density at radius 3 is 2.70 bits per heavy atom. The first-order chi connectivity index (χ1) is 11.0. The van der Waals surface area contributed by atoms with Crippen LogP contribution in [0.15, 0.2) is 18.3 Å². The zero-order valence-electron chi connectivity index (χ0n) is 14.1. The lowest BCUT2D eigenvalue weighted by Crippen LogP contribution is -2.44. The summed E-state index contributed by atoms with van der Waals surface area (Å²) in [5, 5.41) is 5.56. The van der Waals surface area contributed by atoms with E-state index >= 15 is 0 Å². The van der Waals surface area contributed by atoms with Crippen molar-refractivity contribution in [2.45, 2.75) is 33.2 Å². The van der Waals surface area contributed by atoms with Gasteiger partial charge in [0, 0.05) is 18.8 Å². The monoisotopic (exact) mass is 323 g/mol. The molecule has 0 bridgehead atoms. The second-order valence-electron chi connectivity index (χ2n) is 5.46. The number of carbonyl (C=O) groups is 2. The van der Waals surface area contributed by atoms with Crippen LogP contribution in [0.3, 0.4) is 0 Å². The molecule has 0 aliphatic rings. The van der Waals surface area contributed by atoms with Crippen LogP contribution in [0.5, 0.6) is 5.88 Å². The third kappa shape index (κ3) is 6.54. The number of alkyl carbamates (subject to hydrolysis) is 1. The fourth-order valence-electron chi connectivity index (χ4n) is 2.14. The molecule has 0 unspecified atom stereocenters. The largest absolute Gasteiger partial charge is 0.480 e. The van der Waals surface area contributed by atoms with E-state index in [4.69, 9.17) is 9.47 Å². The molecule has 2 amide bonds. The molecule has 0 radical (unpaired) electrons. The maximum absolute atomic E-state index is 12.3. The topological polar surface area (TPSA) is 89.6 Å². The number of rotatable bonds is 8. The Kier molecular flexibility index (Phi) is 7.87. The second-order valence-corrected chi connectivity index (χ2v) is 5.46. The highest BCUT2D eigenvalue weighted by molar-refractivity contribution is 5.96. The van der Waals surface area contributed by atoms with E-state index in [1.807, 2.05) is 13.8 Å². The third-order valence-corrected chi connectivity index (χ3v) is 3.07. The fraction of sp³-hybridized carbons (Fsp3) is 0.562. The van der Waals surface area contributed by atoms with Gasteiger partial charge in [0.25, 0.3) is 5.91 Å². The van der Waals surface area contributed by atoms with Gasteiger partial charge in [-0.1, -0.05) is 13.8 Å². The lowest BCUT2D eigenvalue weighted by molar-refractivity contribution is 0.0940. The Morgan fingerprint density at radius 1 is 1.35 bits per heavy atom. The number of methoxy groups -OCH3 is 1. The number of amides is 2. The van der Waals surface area contributed by atoms with Gasteiger partial charge in [-0.25, -0.2) is 9.78 Å². The highest BCUT2D eigenvalue weighted by Gasteiger charge is 2.18. The Labute approximate surface area is 136 Å². The molecule has 0 spiro atoms. The number of nitrogens with one attached hydrogen (secondary N) is 2. The number of ether oxygens (including phenoxy) is 2. The minimum atomic E-state index is -0.480. The Balaban J connectivity index is 2.65. The average Bonchev–Trinajstić information content (AvgIpc) is 2.51. The van der Waals surface area contributed by atoms with Crippen molar-refractivity contribution in [2.24, 2.45) is 5.92 Å². The van der Waals surface area contributed by atoms with Gasteiger partial charge in [0.05, 0.1) is 13.7 Å². The van der Waals surface area contributed by atoms with Crippen molar-refractivity contribution in [3.63, 3.8) is 0 Å². The van der Waals surface area contributed by atoms with Crippen molar-refractivity contribution in [1.29, 1.82) is 0 Å². The van der Waals surface area contributed by atoms with Gasteiger partial charge in [-0.3, -0.25) is 4.79 Å². The zero-order valence-corrected chi connectivity index (χ0v) is 14.1. The average molecular weight is 323 g/mol. The molecule has 128 valence electrons. The van der Waals surface area contributed by atoms with Crippen LogP contribution in [0.2, 0.25) is 0 Å². The van der Waals surface area contributed by atoms with E-state index in [1.165, 1.54) is 7.11 Å². The predicted molar refractivity (Wildman–Crippen MR) is 86.5 cm³/mol. The van der Waals surface area contributed by atoms with E-state index in [-0.39, 0.29) is 17.8 Å². The van der Waals surface area contributed by atoms with Crippen molar-refractivity contribution in [2.75, 3.05) is 20.3 Å². The number of pyridine rings is 1. The number of hydrogen-bond acceptors (Lipinski definition) is 5. The molecule has 1 aromatic rings. The molecular weight excluding hydrogens is 298 g/mol. The molecular formula is C16H25N3O4. The summed E-state index contributed by atoms with van der Waals surface area (Å²) >= 11 is 0. The number of aromatic nitrogens is 1. The van der Waals surface area contributed by atoms with Crippen LogP contribution in [0.1, 0.15) is 37.6 Å². The lowest BCUT2D eigenvalue weighted by Gasteiger charge is -2.21. The summed E-state index contributed by atoms with van der Waals surface area (Å²) in [5.74, 6) is 0.338. The van der Waals surface area contributed by atoms with Gasteiger partial charge < -0.3 is 20.1 Å². The van der Waals surface area contributed by atoms with Crippen LogP contribution in [0.25, 0.3) is 0 Å². The number of nitrogens with zero attached hydrogens (tertiary/aromatic N) is 1. The first-order valence-corrected chi connectivity index (χ1v) is 7.68. The molecule has 0 aliphatic heterocycles. The van der Waals surface area contributed by atoms with Gasteiger partial charge in [0.1, 0.15) is 5.56 Å². The molecule has 0 fully saturated rings. The Bertz CT molecular complexity index is 520. The maximum Gasteiger partial charge on any atom is 0.407 e. The van der Waals surface area contributed by atoms with E-state index in [2.05, 4.69) is 15.6 Å². The molecule has 1 heterocycles. The van der Waals surface area contributed by atoms with Gasteiger partial charge in [-0.2, -0.15) is 0 Å². The molecule has 1 rings (SSSR count). The summed E-state index contributed by atoms with van der Waals surface area (Å²) < 4.78 is 9.96. The summed E-state index contributed by atoms with van der Waals surface area (Å²) in [6.45, 7) is 6.44. The van der Waals surface area contributed by atoms with Crippen molar-refractivity contribution >= 4 is 12.0 Å². The normalized spacial score (nSPS) is 11.7. The number of hydrogen-bond donors (Lipinski definition) is 2. The molecule has 0 aliphatic carbocycles. The quantitative estimate of drug-likeness (QED) is 0.763. The summed E-state index contributed by atoms with van der Waals surface area (Å²) in [5.41, 5.74) is 0.356. The van der Waals surface area contributed by atoms with Crippen molar-refractivity contribution < 1.29 is 19.1 Å². The summed E-state index contributed by atoms with van der Waals surface area (Å²) in [7, 11) is 1.46. The predicted octanol–water partition coefficient (Wildman–Crippen LogP) is 1.98. The molecule has 7 heteroatoms. The highest BCUT2D eigenvalue weighted by Crippen LogP contribution is 2.13. The van der Waals surface area contributed by atoms with E-state index in [0.29, 0.717) is 24.6 Å². The van der Waals surface area contributed by atoms with Crippen LogP contribution in [0.4, 0.5) is 4.79 Å². The first kappa shape index (κ1) is 18.7. The number of carbonyl (C=O) groups excluding carboxylic acids is 2. The van der Waals surface area contributed by atoms with Crippen molar-refractivity contribution in [1.82, 2.24) is 15.6 Å². The fourth-order valence-corrected chi connectivity index (χ4v) is 2.14. The second kappa shape index (κ2) is 9.66. The van der Waals surface area contributed by atoms with Crippen molar-refractivity contribution in [3.8, 4) is 5.88 Å². The molecule has 0 saturated carbocycles. The molecule has 2 N–H and O–H groups in total. The van der Waals surface area contributed by atoms with E-state index in [1.54, 1.807) is 25.3 Å². The summed E-state index contributed by atoms with van der Waals surface area (Å²) in [4.78, 5) is 27.8. The van der Waals surface area contributed by atoms with Crippen LogP contribution in [-0.4, -0.2) is 43.3 Å². The minimum Gasteiger partial charge on any atom is -0.480 e. The van der Waals surface area contributed by atoms with E-state index in [9.17, 15) is 9.59 Å². The smallest absolute Gasteiger partial charge is 0.407 e. The van der Waals surface area contributed by atoms with Gasteiger partial charge in [0.15, 0.2) is 0 Å². The minimum absolute atomic E-state index is 0.208. The van der Waals surface area contributed by atoms with Crippen LogP contribution < -0.4 is 15.4 Å². The highest BCUT2D eigenvalue weighted by atomic mass is 16.5. The van der Waals surface area contributed by atoms with Gasteiger partial charge in [-0.15, -0.1) is 0 Å². The Hall–Kier alpha value is -2.31. The van der Waals surface area contributed by atoms with Gasteiger partial charge >= 0.3 is 6.09 Å².